The average molecular weight is 555 g/mol. The topological polar surface area (TPSA) is 135 Å². The standard InChI is InChI=1S/C26H38N2O7S2/c1-20(2)17-28(37(34,35)26-13-9-23(30)10-14-26)19-24(31)15-16-27(18-21-5-3-4-6-21)36(32,33)25-11-7-22(29)8-12-25/h7-14,20-21,24,29-31H,3-6,15-19H2,1-2H3/t24-/m0/s1. The van der Waals surface area contributed by atoms with E-state index in [0.29, 0.717) is 6.54 Å². The minimum Gasteiger partial charge on any atom is -0.508 e. The fraction of sp³-hybridized carbons (Fsp3) is 0.538. The number of nitrogens with zero attached hydrogens (tertiary/aromatic N) is 2. The Hall–Kier alpha value is -2.18. The summed E-state index contributed by atoms with van der Waals surface area (Å²) in [6.07, 6.45) is 2.96. The highest BCUT2D eigenvalue weighted by atomic mass is 32.2. The van der Waals surface area contributed by atoms with Crippen molar-refractivity contribution in [2.24, 2.45) is 11.8 Å². The van der Waals surface area contributed by atoms with Gasteiger partial charge in [-0.15, -0.1) is 0 Å². The predicted molar refractivity (Wildman–Crippen MR) is 141 cm³/mol. The van der Waals surface area contributed by atoms with Crippen LogP contribution in [0.2, 0.25) is 0 Å². The number of benzene rings is 2. The Morgan fingerprint density at radius 2 is 1.24 bits per heavy atom. The monoisotopic (exact) mass is 554 g/mol. The lowest BCUT2D eigenvalue weighted by Gasteiger charge is -2.29. The molecular weight excluding hydrogens is 516 g/mol. The SMILES string of the molecule is CC(C)CN(C[C@@H](O)CCN(CC1CCCC1)S(=O)(=O)c1ccc(O)cc1)S(=O)(=O)c1ccc(O)cc1. The van der Waals surface area contributed by atoms with Crippen molar-refractivity contribution in [3.63, 3.8) is 0 Å². The van der Waals surface area contributed by atoms with E-state index in [4.69, 9.17) is 0 Å². The van der Waals surface area contributed by atoms with E-state index in [9.17, 15) is 32.2 Å². The second-order valence-corrected chi connectivity index (χ2v) is 14.0. The molecule has 0 spiro atoms. The van der Waals surface area contributed by atoms with Gasteiger partial charge in [0, 0.05) is 26.2 Å². The molecule has 3 rings (SSSR count). The van der Waals surface area contributed by atoms with Crippen molar-refractivity contribution >= 4 is 20.0 Å². The molecule has 9 nitrogen and oxygen atoms in total. The van der Waals surface area contributed by atoms with Crippen LogP contribution >= 0.6 is 0 Å². The minimum atomic E-state index is -3.93. The van der Waals surface area contributed by atoms with E-state index < -0.39 is 26.2 Å². The van der Waals surface area contributed by atoms with Crippen molar-refractivity contribution in [2.45, 2.75) is 61.8 Å². The molecule has 2 aromatic carbocycles. The van der Waals surface area contributed by atoms with Crippen LogP contribution in [0.3, 0.4) is 0 Å². The molecule has 1 atom stereocenters. The Kier molecular flexibility index (Phi) is 9.99. The van der Waals surface area contributed by atoms with E-state index in [1.165, 1.54) is 57.1 Å². The molecule has 0 bridgehead atoms. The van der Waals surface area contributed by atoms with Crippen molar-refractivity contribution in [3.8, 4) is 11.5 Å². The Labute approximate surface area is 220 Å². The van der Waals surface area contributed by atoms with Crippen molar-refractivity contribution in [3.05, 3.63) is 48.5 Å². The zero-order chi connectivity index (χ0) is 27.2. The van der Waals surface area contributed by atoms with Crippen LogP contribution in [-0.4, -0.2) is 73.0 Å². The first-order valence-electron chi connectivity index (χ1n) is 12.7. The van der Waals surface area contributed by atoms with Crippen molar-refractivity contribution in [2.75, 3.05) is 26.2 Å². The number of aliphatic hydroxyl groups is 1. The summed E-state index contributed by atoms with van der Waals surface area (Å²) in [6, 6.07) is 10.6. The van der Waals surface area contributed by atoms with Gasteiger partial charge < -0.3 is 15.3 Å². The molecule has 0 aliphatic heterocycles. The molecule has 37 heavy (non-hydrogen) atoms. The quantitative estimate of drug-likeness (QED) is 0.345. The normalized spacial score (nSPS) is 16.2. The summed E-state index contributed by atoms with van der Waals surface area (Å²) >= 11 is 0. The van der Waals surface area contributed by atoms with Crippen LogP contribution in [0, 0.1) is 11.8 Å². The maximum absolute atomic E-state index is 13.4. The first-order valence-corrected chi connectivity index (χ1v) is 15.5. The van der Waals surface area contributed by atoms with Crippen molar-refractivity contribution < 1.29 is 32.2 Å². The van der Waals surface area contributed by atoms with Crippen LogP contribution in [-0.2, 0) is 20.0 Å². The molecular formula is C26H38N2O7S2. The predicted octanol–water partition coefficient (Wildman–Crippen LogP) is 3.38. The first-order chi connectivity index (χ1) is 17.4. The number of aromatic hydroxyl groups is 2. The number of rotatable bonds is 13. The fourth-order valence-electron chi connectivity index (χ4n) is 4.62. The highest BCUT2D eigenvalue weighted by Gasteiger charge is 2.31. The molecule has 1 aliphatic carbocycles. The van der Waals surface area contributed by atoms with Crippen LogP contribution in [0.4, 0.5) is 0 Å². The molecule has 3 N–H and O–H groups in total. The summed E-state index contributed by atoms with van der Waals surface area (Å²) in [5.41, 5.74) is 0. The zero-order valence-corrected chi connectivity index (χ0v) is 23.0. The average Bonchev–Trinajstić information content (AvgIpc) is 3.35. The third-order valence-electron chi connectivity index (χ3n) is 6.58. The van der Waals surface area contributed by atoms with Crippen LogP contribution in [0.1, 0.15) is 46.0 Å². The van der Waals surface area contributed by atoms with E-state index in [1.807, 2.05) is 13.8 Å². The van der Waals surface area contributed by atoms with E-state index in [2.05, 4.69) is 0 Å². The van der Waals surface area contributed by atoms with Gasteiger partial charge >= 0.3 is 0 Å². The van der Waals surface area contributed by atoms with Gasteiger partial charge in [-0.25, -0.2) is 16.8 Å². The second-order valence-electron chi connectivity index (χ2n) is 10.2. The highest BCUT2D eigenvalue weighted by molar-refractivity contribution is 7.89. The molecule has 1 fully saturated rings. The summed E-state index contributed by atoms with van der Waals surface area (Å²) in [4.78, 5) is 0.0741. The number of phenols is 2. The third-order valence-corrected chi connectivity index (χ3v) is 10.3. The lowest BCUT2D eigenvalue weighted by atomic mass is 10.1. The molecule has 1 saturated carbocycles. The van der Waals surface area contributed by atoms with Gasteiger partial charge in [-0.3, -0.25) is 0 Å². The van der Waals surface area contributed by atoms with Crippen molar-refractivity contribution in [1.82, 2.24) is 8.61 Å². The summed E-state index contributed by atoms with van der Waals surface area (Å²) in [5.74, 6) is 0.146. The van der Waals surface area contributed by atoms with Crippen LogP contribution in [0.5, 0.6) is 11.5 Å². The van der Waals surface area contributed by atoms with E-state index in [1.54, 1.807) is 0 Å². The maximum atomic E-state index is 13.4. The number of aliphatic hydroxyl groups excluding tert-OH is 1. The van der Waals surface area contributed by atoms with Gasteiger partial charge in [-0.05, 0) is 79.6 Å². The van der Waals surface area contributed by atoms with Gasteiger partial charge in [0.1, 0.15) is 11.5 Å². The van der Waals surface area contributed by atoms with Gasteiger partial charge in [0.25, 0.3) is 0 Å². The zero-order valence-electron chi connectivity index (χ0n) is 21.4. The van der Waals surface area contributed by atoms with Gasteiger partial charge in [0.2, 0.25) is 20.0 Å². The largest absolute Gasteiger partial charge is 0.508 e. The van der Waals surface area contributed by atoms with E-state index >= 15 is 0 Å². The Balaban J connectivity index is 1.76. The van der Waals surface area contributed by atoms with E-state index in [0.717, 1.165) is 25.7 Å². The Bertz CT molecular complexity index is 1210. The van der Waals surface area contributed by atoms with Crippen molar-refractivity contribution in [1.29, 1.82) is 0 Å². The Morgan fingerprint density at radius 3 is 1.70 bits per heavy atom. The highest BCUT2D eigenvalue weighted by Crippen LogP contribution is 2.29. The third kappa shape index (κ3) is 7.90. The molecule has 1 aliphatic rings. The maximum Gasteiger partial charge on any atom is 0.243 e. The summed E-state index contributed by atoms with van der Waals surface area (Å²) in [7, 11) is -7.80. The lowest BCUT2D eigenvalue weighted by Crippen LogP contribution is -2.42. The lowest BCUT2D eigenvalue weighted by molar-refractivity contribution is 0.125. The summed E-state index contributed by atoms with van der Waals surface area (Å²) in [6.45, 7) is 4.11. The minimum absolute atomic E-state index is 0.00664. The smallest absolute Gasteiger partial charge is 0.243 e. The Morgan fingerprint density at radius 1 is 0.784 bits per heavy atom. The molecule has 0 unspecified atom stereocenters. The number of sulfonamides is 2. The first kappa shape index (κ1) is 29.4. The molecule has 11 heteroatoms. The summed E-state index contributed by atoms with van der Waals surface area (Å²) in [5, 5.41) is 30.0. The van der Waals surface area contributed by atoms with Crippen LogP contribution < -0.4 is 0 Å². The van der Waals surface area contributed by atoms with Crippen LogP contribution in [0.25, 0.3) is 0 Å². The molecule has 0 radical (unpaired) electrons. The molecule has 2 aromatic rings. The van der Waals surface area contributed by atoms with Gasteiger partial charge in [-0.1, -0.05) is 26.7 Å². The van der Waals surface area contributed by atoms with Gasteiger partial charge in [0.15, 0.2) is 0 Å². The van der Waals surface area contributed by atoms with E-state index in [-0.39, 0.29) is 59.2 Å². The molecule has 0 heterocycles. The van der Waals surface area contributed by atoms with Crippen LogP contribution in [0.15, 0.2) is 58.3 Å². The summed E-state index contributed by atoms with van der Waals surface area (Å²) < 4.78 is 55.9. The van der Waals surface area contributed by atoms with Gasteiger partial charge in [0.05, 0.1) is 15.9 Å². The molecule has 0 saturated heterocycles. The number of phenolic OH excluding ortho intramolecular Hbond substituents is 2. The molecule has 0 amide bonds. The fourth-order valence-corrected chi connectivity index (χ4v) is 7.79. The number of hydrogen-bond acceptors (Lipinski definition) is 7. The van der Waals surface area contributed by atoms with Gasteiger partial charge in [-0.2, -0.15) is 8.61 Å². The molecule has 206 valence electrons. The number of hydrogen-bond donors (Lipinski definition) is 3. The molecule has 0 aromatic heterocycles. The second kappa shape index (κ2) is 12.6.